The first-order chi connectivity index (χ1) is 13.0. The molecular weight excluding hydrogens is 362 g/mol. The topological polar surface area (TPSA) is 56.8 Å². The quantitative estimate of drug-likeness (QED) is 0.755. The van der Waals surface area contributed by atoms with E-state index in [4.69, 9.17) is 14.2 Å². The van der Waals surface area contributed by atoms with E-state index in [2.05, 4.69) is 5.32 Å². The van der Waals surface area contributed by atoms with Crippen molar-refractivity contribution in [2.45, 2.75) is 43.5 Å². The van der Waals surface area contributed by atoms with Crippen LogP contribution in [0.15, 0.2) is 47.4 Å². The van der Waals surface area contributed by atoms with Crippen LogP contribution in [0.1, 0.15) is 37.0 Å². The van der Waals surface area contributed by atoms with Crippen LogP contribution in [-0.4, -0.2) is 30.2 Å². The van der Waals surface area contributed by atoms with Crippen LogP contribution in [0.4, 0.5) is 5.69 Å². The number of ether oxygens (including phenoxy) is 3. The molecule has 1 atom stereocenters. The van der Waals surface area contributed by atoms with Crippen molar-refractivity contribution in [3.63, 3.8) is 0 Å². The molecular formula is C21H23NO4S. The van der Waals surface area contributed by atoms with Gasteiger partial charge in [-0.05, 0) is 37.1 Å². The van der Waals surface area contributed by atoms with Gasteiger partial charge in [0.05, 0.1) is 11.7 Å². The Morgan fingerprint density at radius 3 is 2.81 bits per heavy atom. The summed E-state index contributed by atoms with van der Waals surface area (Å²) in [6, 6.07) is 13.1. The van der Waals surface area contributed by atoms with Gasteiger partial charge < -0.3 is 19.5 Å². The van der Waals surface area contributed by atoms with Gasteiger partial charge in [-0.25, -0.2) is 0 Å². The van der Waals surface area contributed by atoms with Crippen LogP contribution < -0.4 is 14.8 Å². The zero-order valence-electron chi connectivity index (χ0n) is 15.5. The van der Waals surface area contributed by atoms with E-state index in [0.29, 0.717) is 22.7 Å². The van der Waals surface area contributed by atoms with Crippen LogP contribution in [0.2, 0.25) is 0 Å². The first-order valence-corrected chi connectivity index (χ1v) is 10.2. The lowest BCUT2D eigenvalue weighted by Crippen LogP contribution is -2.29. The summed E-state index contributed by atoms with van der Waals surface area (Å²) in [7, 11) is 0. The van der Waals surface area contributed by atoms with E-state index >= 15 is 0 Å². The largest absolute Gasteiger partial charge is 0.449 e. The molecule has 0 saturated carbocycles. The number of amides is 1. The van der Waals surface area contributed by atoms with Crippen LogP contribution in [0.3, 0.4) is 0 Å². The minimum atomic E-state index is -0.684. The molecule has 2 aromatic carbocycles. The van der Waals surface area contributed by atoms with E-state index in [1.165, 1.54) is 0 Å². The molecule has 2 aliphatic heterocycles. The maximum atomic E-state index is 12.8. The second-order valence-corrected chi connectivity index (χ2v) is 8.22. The van der Waals surface area contributed by atoms with Crippen molar-refractivity contribution in [1.82, 2.24) is 0 Å². The summed E-state index contributed by atoms with van der Waals surface area (Å²) < 4.78 is 17.1. The van der Waals surface area contributed by atoms with E-state index in [1.807, 2.05) is 50.2 Å². The van der Waals surface area contributed by atoms with Gasteiger partial charge in [-0.2, -0.15) is 0 Å². The number of hydrogen-bond donors (Lipinski definition) is 1. The Kier molecular flexibility index (Phi) is 5.02. The van der Waals surface area contributed by atoms with Crippen LogP contribution in [0.25, 0.3) is 0 Å². The average molecular weight is 385 g/mol. The van der Waals surface area contributed by atoms with Gasteiger partial charge in [0.15, 0.2) is 11.5 Å². The highest BCUT2D eigenvalue weighted by atomic mass is 32.2. The predicted molar refractivity (Wildman–Crippen MR) is 106 cm³/mol. The molecule has 0 spiro atoms. The average Bonchev–Trinajstić information content (AvgIpc) is 3.25. The number of nitrogens with one attached hydrogen (secondary N) is 1. The Bertz CT molecular complexity index is 846. The molecule has 142 valence electrons. The fourth-order valence-electron chi connectivity index (χ4n) is 3.24. The van der Waals surface area contributed by atoms with Crippen molar-refractivity contribution in [3.05, 3.63) is 48.0 Å². The van der Waals surface area contributed by atoms with E-state index in [-0.39, 0.29) is 12.0 Å². The van der Waals surface area contributed by atoms with Crippen molar-refractivity contribution in [2.75, 3.05) is 17.7 Å². The number of rotatable bonds is 5. The molecule has 1 saturated heterocycles. The number of fused-ring (bicyclic) bond motifs is 1. The molecule has 2 heterocycles. The van der Waals surface area contributed by atoms with Gasteiger partial charge in [0.25, 0.3) is 5.91 Å². The molecule has 0 aliphatic carbocycles. The van der Waals surface area contributed by atoms with E-state index in [0.717, 1.165) is 30.1 Å². The molecule has 0 aromatic heterocycles. The molecule has 1 N–H and O–H groups in total. The molecule has 0 unspecified atom stereocenters. The van der Waals surface area contributed by atoms with E-state index < -0.39 is 5.79 Å². The first-order valence-electron chi connectivity index (χ1n) is 9.17. The highest BCUT2D eigenvalue weighted by molar-refractivity contribution is 7.99. The standard InChI is InChI=1S/C21H23NO4S/c1-21(2)25-17-10-9-14(12-18(17)26-21)22-20(23)16-7-3-4-8-19(16)27-13-15-6-5-11-24-15/h3-4,7-10,12,15H,5-6,11,13H2,1-2H3,(H,22,23)/t15-/m0/s1. The number of anilines is 1. The SMILES string of the molecule is CC1(C)Oc2ccc(NC(=O)c3ccccc3SC[C@@H]3CCCO3)cc2O1. The molecule has 2 aromatic rings. The van der Waals surface area contributed by atoms with Crippen molar-refractivity contribution >= 4 is 23.4 Å². The van der Waals surface area contributed by atoms with Gasteiger partial charge in [0.2, 0.25) is 5.79 Å². The summed E-state index contributed by atoms with van der Waals surface area (Å²) in [5.74, 6) is 1.37. The second kappa shape index (κ2) is 7.44. The van der Waals surface area contributed by atoms with Crippen molar-refractivity contribution in [3.8, 4) is 11.5 Å². The Balaban J connectivity index is 1.46. The summed E-state index contributed by atoms with van der Waals surface area (Å²) in [5.41, 5.74) is 1.34. The molecule has 27 heavy (non-hydrogen) atoms. The molecule has 1 fully saturated rings. The van der Waals surface area contributed by atoms with Crippen LogP contribution >= 0.6 is 11.8 Å². The van der Waals surface area contributed by atoms with Crippen molar-refractivity contribution in [2.24, 2.45) is 0 Å². The zero-order valence-corrected chi connectivity index (χ0v) is 16.3. The summed E-state index contributed by atoms with van der Waals surface area (Å²) >= 11 is 1.67. The third-order valence-corrected chi connectivity index (χ3v) is 5.70. The zero-order chi connectivity index (χ0) is 18.9. The smallest absolute Gasteiger partial charge is 0.256 e. The van der Waals surface area contributed by atoms with Gasteiger partial charge in [-0.1, -0.05) is 12.1 Å². The molecule has 6 heteroatoms. The van der Waals surface area contributed by atoms with Crippen molar-refractivity contribution < 1.29 is 19.0 Å². The Morgan fingerprint density at radius 2 is 2.00 bits per heavy atom. The molecule has 0 radical (unpaired) electrons. The predicted octanol–water partition coefficient (Wildman–Crippen LogP) is 4.72. The van der Waals surface area contributed by atoms with Gasteiger partial charge >= 0.3 is 0 Å². The molecule has 4 rings (SSSR count). The minimum absolute atomic E-state index is 0.136. The summed E-state index contributed by atoms with van der Waals surface area (Å²) in [6.45, 7) is 4.55. The number of carbonyl (C=O) groups is 1. The normalized spacial score (nSPS) is 19.9. The second-order valence-electron chi connectivity index (χ2n) is 7.16. The van der Waals surface area contributed by atoms with Crippen LogP contribution in [0.5, 0.6) is 11.5 Å². The summed E-state index contributed by atoms with van der Waals surface area (Å²) in [6.07, 6.45) is 2.49. The number of benzene rings is 2. The maximum absolute atomic E-state index is 12.8. The fraction of sp³-hybridized carbons (Fsp3) is 0.381. The first kappa shape index (κ1) is 18.2. The number of thioether (sulfide) groups is 1. The monoisotopic (exact) mass is 385 g/mol. The Morgan fingerprint density at radius 1 is 1.19 bits per heavy atom. The van der Waals surface area contributed by atoms with Gasteiger partial charge in [-0.15, -0.1) is 11.8 Å². The molecule has 2 aliphatic rings. The van der Waals surface area contributed by atoms with E-state index in [1.54, 1.807) is 17.8 Å². The third kappa shape index (κ3) is 4.22. The lowest BCUT2D eigenvalue weighted by atomic mass is 10.2. The number of hydrogen-bond acceptors (Lipinski definition) is 5. The third-order valence-electron chi connectivity index (χ3n) is 4.49. The van der Waals surface area contributed by atoms with E-state index in [9.17, 15) is 4.79 Å². The van der Waals surface area contributed by atoms with Crippen LogP contribution in [-0.2, 0) is 4.74 Å². The van der Waals surface area contributed by atoms with Gasteiger partial charge in [-0.3, -0.25) is 4.79 Å². The van der Waals surface area contributed by atoms with Crippen LogP contribution in [0, 0.1) is 0 Å². The van der Waals surface area contributed by atoms with Gasteiger partial charge in [0.1, 0.15) is 0 Å². The molecule has 1 amide bonds. The summed E-state index contributed by atoms with van der Waals surface area (Å²) in [4.78, 5) is 13.8. The number of carbonyl (C=O) groups excluding carboxylic acids is 1. The summed E-state index contributed by atoms with van der Waals surface area (Å²) in [5, 5.41) is 2.96. The molecule has 0 bridgehead atoms. The van der Waals surface area contributed by atoms with Crippen molar-refractivity contribution in [1.29, 1.82) is 0 Å². The molecule has 5 nitrogen and oxygen atoms in total. The maximum Gasteiger partial charge on any atom is 0.256 e. The lowest BCUT2D eigenvalue weighted by molar-refractivity contribution is -0.0431. The highest BCUT2D eigenvalue weighted by Crippen LogP contribution is 2.40. The lowest BCUT2D eigenvalue weighted by Gasteiger charge is -2.16. The minimum Gasteiger partial charge on any atom is -0.449 e. The highest BCUT2D eigenvalue weighted by Gasteiger charge is 2.31. The Hall–Kier alpha value is -2.18. The van der Waals surface area contributed by atoms with Gasteiger partial charge in [0, 0.05) is 42.9 Å². The fourth-order valence-corrected chi connectivity index (χ4v) is 4.36. The Labute approximate surface area is 163 Å².